The van der Waals surface area contributed by atoms with Crippen molar-refractivity contribution in [2.24, 2.45) is 0 Å². The smallest absolute Gasteiger partial charge is 0.234 e. The maximum atomic E-state index is 13.1. The molecule has 8 heteroatoms. The van der Waals surface area contributed by atoms with Gasteiger partial charge in [0.2, 0.25) is 17.6 Å². The topological polar surface area (TPSA) is 71.3 Å². The highest BCUT2D eigenvalue weighted by Gasteiger charge is 2.27. The van der Waals surface area contributed by atoms with E-state index in [0.29, 0.717) is 35.4 Å². The van der Waals surface area contributed by atoms with Gasteiger partial charge in [0.15, 0.2) is 0 Å². The van der Waals surface area contributed by atoms with Crippen LogP contribution >= 0.6 is 11.6 Å². The Kier molecular flexibility index (Phi) is 6.63. The summed E-state index contributed by atoms with van der Waals surface area (Å²) in [6, 6.07) is 13.3. The molecule has 2 atom stereocenters. The van der Waals surface area contributed by atoms with Gasteiger partial charge in [-0.3, -0.25) is 9.69 Å². The molecule has 6 nitrogen and oxygen atoms in total. The van der Waals surface area contributed by atoms with Gasteiger partial charge in [-0.05, 0) is 62.2 Å². The van der Waals surface area contributed by atoms with Crippen LogP contribution in [0.2, 0.25) is 5.02 Å². The minimum atomic E-state index is -0.308. The molecule has 162 valence electrons. The molecule has 1 amide bonds. The molecule has 1 saturated heterocycles. The van der Waals surface area contributed by atoms with Crippen LogP contribution in [-0.2, 0) is 4.79 Å². The molecule has 2 heterocycles. The molecule has 1 aliphatic heterocycles. The van der Waals surface area contributed by atoms with E-state index >= 15 is 0 Å². The van der Waals surface area contributed by atoms with Crippen LogP contribution in [0.15, 0.2) is 53.1 Å². The summed E-state index contributed by atoms with van der Waals surface area (Å²) in [7, 11) is 0. The minimum absolute atomic E-state index is 0.0504. The second kappa shape index (κ2) is 9.58. The van der Waals surface area contributed by atoms with Gasteiger partial charge in [-0.2, -0.15) is 4.98 Å². The van der Waals surface area contributed by atoms with E-state index < -0.39 is 0 Å². The Hall–Kier alpha value is -2.77. The zero-order valence-electron chi connectivity index (χ0n) is 17.2. The number of carbonyl (C=O) groups excluding carboxylic acids is 1. The third-order valence-corrected chi connectivity index (χ3v) is 5.86. The summed E-state index contributed by atoms with van der Waals surface area (Å²) in [6.07, 6.45) is 1.85. The zero-order chi connectivity index (χ0) is 21.8. The van der Waals surface area contributed by atoms with Gasteiger partial charge < -0.3 is 9.84 Å². The number of nitrogens with zero attached hydrogens (tertiary/aromatic N) is 3. The van der Waals surface area contributed by atoms with Gasteiger partial charge in [0.1, 0.15) is 5.82 Å². The van der Waals surface area contributed by atoms with Crippen LogP contribution in [-0.4, -0.2) is 40.6 Å². The lowest BCUT2D eigenvalue weighted by atomic mass is 9.98. The zero-order valence-corrected chi connectivity index (χ0v) is 18.0. The van der Waals surface area contributed by atoms with E-state index in [2.05, 4.69) is 20.4 Å². The van der Waals surface area contributed by atoms with Crippen molar-refractivity contribution in [1.82, 2.24) is 20.4 Å². The Labute approximate surface area is 185 Å². The van der Waals surface area contributed by atoms with E-state index in [1.165, 1.54) is 12.1 Å². The summed E-state index contributed by atoms with van der Waals surface area (Å²) >= 11 is 6.23. The van der Waals surface area contributed by atoms with Gasteiger partial charge in [0, 0.05) is 17.1 Å². The van der Waals surface area contributed by atoms with Crippen molar-refractivity contribution in [2.45, 2.75) is 31.7 Å². The predicted molar refractivity (Wildman–Crippen MR) is 116 cm³/mol. The third kappa shape index (κ3) is 5.29. The van der Waals surface area contributed by atoms with Gasteiger partial charge in [-0.1, -0.05) is 35.0 Å². The number of benzene rings is 2. The van der Waals surface area contributed by atoms with Gasteiger partial charge in [-0.15, -0.1) is 0 Å². The largest absolute Gasteiger partial charge is 0.348 e. The molecule has 0 aliphatic carbocycles. The number of aromatic nitrogens is 2. The molecule has 31 heavy (non-hydrogen) atoms. The summed E-state index contributed by atoms with van der Waals surface area (Å²) < 4.78 is 18.6. The second-order valence-electron chi connectivity index (χ2n) is 7.85. The lowest BCUT2D eigenvalue weighted by molar-refractivity contribution is -0.123. The van der Waals surface area contributed by atoms with E-state index in [9.17, 15) is 9.18 Å². The summed E-state index contributed by atoms with van der Waals surface area (Å²) in [6.45, 7) is 3.72. The number of likely N-dealkylation sites (tertiary alicyclic amines) is 1. The van der Waals surface area contributed by atoms with E-state index in [1.54, 1.807) is 12.1 Å². The van der Waals surface area contributed by atoms with Gasteiger partial charge in [0.25, 0.3) is 0 Å². The number of rotatable bonds is 6. The molecular weight excluding hydrogens is 419 g/mol. The van der Waals surface area contributed by atoms with Crippen LogP contribution in [0.1, 0.15) is 43.2 Å². The highest BCUT2D eigenvalue weighted by molar-refractivity contribution is 6.31. The molecule has 4 rings (SSSR count). The monoisotopic (exact) mass is 442 g/mol. The molecule has 0 spiro atoms. The first-order valence-electron chi connectivity index (χ1n) is 10.4. The minimum Gasteiger partial charge on any atom is -0.348 e. The molecule has 1 aromatic heterocycles. The lowest BCUT2D eigenvalue weighted by Crippen LogP contribution is -2.42. The Balaban J connectivity index is 1.35. The number of piperidine rings is 1. The molecule has 0 radical (unpaired) electrons. The highest BCUT2D eigenvalue weighted by atomic mass is 35.5. The first kappa shape index (κ1) is 21.5. The van der Waals surface area contributed by atoms with Gasteiger partial charge in [0.05, 0.1) is 18.5 Å². The van der Waals surface area contributed by atoms with E-state index in [1.807, 2.05) is 31.2 Å². The summed E-state index contributed by atoms with van der Waals surface area (Å²) in [4.78, 5) is 19.2. The fraction of sp³-hybridized carbons (Fsp3) is 0.348. The number of hydrogen-bond acceptors (Lipinski definition) is 5. The standard InChI is InChI=1S/C23H24ClFN4O2/c1-15(19-6-2-3-7-20(19)24)26-21(30)14-29-12-4-5-17(13-29)23-27-22(28-31-23)16-8-10-18(25)11-9-16/h2-3,6-11,15,17H,4-5,12-14H2,1H3,(H,26,30)/t15-,17-/m0/s1. The van der Waals surface area contributed by atoms with Crippen LogP contribution in [0, 0.1) is 5.82 Å². The van der Waals surface area contributed by atoms with Crippen LogP contribution < -0.4 is 5.32 Å². The number of amides is 1. The lowest BCUT2D eigenvalue weighted by Gasteiger charge is -2.30. The first-order chi connectivity index (χ1) is 15.0. The summed E-state index contributed by atoms with van der Waals surface area (Å²) in [5, 5.41) is 7.70. The quantitative estimate of drug-likeness (QED) is 0.604. The van der Waals surface area contributed by atoms with Crippen molar-refractivity contribution >= 4 is 17.5 Å². The Morgan fingerprint density at radius 3 is 2.84 bits per heavy atom. The number of carbonyl (C=O) groups is 1. The predicted octanol–water partition coefficient (Wildman–Crippen LogP) is 4.59. The molecule has 1 fully saturated rings. The molecule has 0 unspecified atom stereocenters. The van der Waals surface area contributed by atoms with Crippen molar-refractivity contribution in [1.29, 1.82) is 0 Å². The van der Waals surface area contributed by atoms with Crippen molar-refractivity contribution in [2.75, 3.05) is 19.6 Å². The van der Waals surface area contributed by atoms with Crippen LogP contribution in [0.3, 0.4) is 0 Å². The Bertz CT molecular complexity index is 1040. The fourth-order valence-electron chi connectivity index (χ4n) is 3.91. The van der Waals surface area contributed by atoms with E-state index in [0.717, 1.165) is 24.9 Å². The Morgan fingerprint density at radius 2 is 2.06 bits per heavy atom. The number of halogens is 2. The maximum Gasteiger partial charge on any atom is 0.234 e. The highest BCUT2D eigenvalue weighted by Crippen LogP contribution is 2.28. The van der Waals surface area contributed by atoms with Crippen molar-refractivity contribution < 1.29 is 13.7 Å². The average Bonchev–Trinajstić information content (AvgIpc) is 3.25. The summed E-state index contributed by atoms with van der Waals surface area (Å²) in [5.41, 5.74) is 1.60. The summed E-state index contributed by atoms with van der Waals surface area (Å²) in [5.74, 6) is 0.694. The SMILES string of the molecule is C[C@H](NC(=O)CN1CCC[C@H](c2nc(-c3ccc(F)cc3)no2)C1)c1ccccc1Cl. The number of nitrogens with one attached hydrogen (secondary N) is 1. The molecule has 1 aliphatic rings. The van der Waals surface area contributed by atoms with Crippen molar-refractivity contribution in [3.05, 3.63) is 70.8 Å². The normalized spacial score (nSPS) is 18.0. The Morgan fingerprint density at radius 1 is 1.29 bits per heavy atom. The molecule has 2 aromatic carbocycles. The maximum absolute atomic E-state index is 13.1. The van der Waals surface area contributed by atoms with Crippen LogP contribution in [0.5, 0.6) is 0 Å². The fourth-order valence-corrected chi connectivity index (χ4v) is 4.21. The molecule has 3 aromatic rings. The average molecular weight is 443 g/mol. The van der Waals surface area contributed by atoms with Gasteiger partial charge >= 0.3 is 0 Å². The molecule has 0 bridgehead atoms. The molecule has 0 saturated carbocycles. The third-order valence-electron chi connectivity index (χ3n) is 5.52. The second-order valence-corrected chi connectivity index (χ2v) is 8.26. The van der Waals surface area contributed by atoms with Crippen molar-refractivity contribution in [3.8, 4) is 11.4 Å². The van der Waals surface area contributed by atoms with E-state index in [-0.39, 0.29) is 23.7 Å². The molecular formula is C23H24ClFN4O2. The molecule has 1 N–H and O–H groups in total. The van der Waals surface area contributed by atoms with Crippen molar-refractivity contribution in [3.63, 3.8) is 0 Å². The van der Waals surface area contributed by atoms with Gasteiger partial charge in [-0.25, -0.2) is 4.39 Å². The first-order valence-corrected chi connectivity index (χ1v) is 10.7. The van der Waals surface area contributed by atoms with Crippen LogP contribution in [0.4, 0.5) is 4.39 Å². The van der Waals surface area contributed by atoms with E-state index in [4.69, 9.17) is 16.1 Å². The van der Waals surface area contributed by atoms with Crippen LogP contribution in [0.25, 0.3) is 11.4 Å². The number of hydrogen-bond donors (Lipinski definition) is 1.